The van der Waals surface area contributed by atoms with E-state index < -0.39 is 23.2 Å². The predicted molar refractivity (Wildman–Crippen MR) is 121 cm³/mol. The van der Waals surface area contributed by atoms with Crippen LogP contribution in [0.1, 0.15) is 71.6 Å². The van der Waals surface area contributed by atoms with Gasteiger partial charge in [0, 0.05) is 5.39 Å². The molecule has 1 aliphatic carbocycles. The Morgan fingerprint density at radius 2 is 1.70 bits per heavy atom. The Morgan fingerprint density at radius 1 is 1.06 bits per heavy atom. The van der Waals surface area contributed by atoms with Gasteiger partial charge >= 0.3 is 12.1 Å². The van der Waals surface area contributed by atoms with Gasteiger partial charge in [-0.05, 0) is 69.1 Å². The summed E-state index contributed by atoms with van der Waals surface area (Å²) in [6.45, 7) is 9.79. The van der Waals surface area contributed by atoms with E-state index in [0.29, 0.717) is 5.92 Å². The van der Waals surface area contributed by atoms with Crippen LogP contribution in [0.15, 0.2) is 24.3 Å². The van der Waals surface area contributed by atoms with E-state index in [2.05, 4.69) is 25.8 Å². The fraction of sp³-hybridized carbons (Fsp3) is 0.600. The Morgan fingerprint density at radius 3 is 2.24 bits per heavy atom. The second-order valence-electron chi connectivity index (χ2n) is 10.1. The van der Waals surface area contributed by atoms with E-state index in [1.54, 1.807) is 6.92 Å². The Hall–Kier alpha value is -2.35. The highest BCUT2D eigenvalue weighted by atomic mass is 19.4. The summed E-state index contributed by atoms with van der Waals surface area (Å²) < 4.78 is 53.2. The molecule has 2 N–H and O–H groups in total. The highest BCUT2D eigenvalue weighted by Crippen LogP contribution is 2.44. The molecule has 2 aromatic rings. The number of carbonyl (C=O) groups excluding carboxylic acids is 1. The lowest BCUT2D eigenvalue weighted by molar-refractivity contribution is -0.149. The van der Waals surface area contributed by atoms with Crippen LogP contribution in [0.5, 0.6) is 5.75 Å². The van der Waals surface area contributed by atoms with E-state index in [1.165, 1.54) is 31.2 Å². The molecule has 5 nitrogen and oxygen atoms in total. The summed E-state index contributed by atoms with van der Waals surface area (Å²) in [5.74, 6) is -0.355. The molecule has 0 aliphatic heterocycles. The number of nitrogens with two attached hydrogens (primary N) is 1. The first-order valence-electron chi connectivity index (χ1n) is 11.4. The van der Waals surface area contributed by atoms with Crippen LogP contribution in [0.4, 0.5) is 13.2 Å². The largest absolute Gasteiger partial charge is 0.490 e. The molecule has 33 heavy (non-hydrogen) atoms. The van der Waals surface area contributed by atoms with Crippen molar-refractivity contribution in [1.29, 1.82) is 0 Å². The van der Waals surface area contributed by atoms with Crippen molar-refractivity contribution < 1.29 is 27.4 Å². The Labute approximate surface area is 192 Å². The van der Waals surface area contributed by atoms with E-state index in [4.69, 9.17) is 15.2 Å². The zero-order valence-electron chi connectivity index (χ0n) is 19.9. The molecule has 0 amide bonds. The van der Waals surface area contributed by atoms with Crippen molar-refractivity contribution in [3.05, 3.63) is 35.5 Å². The Bertz CT molecular complexity index is 1000. The van der Waals surface area contributed by atoms with Crippen LogP contribution in [-0.4, -0.2) is 23.7 Å². The molecule has 1 heterocycles. The van der Waals surface area contributed by atoms with Crippen LogP contribution in [0.3, 0.4) is 0 Å². The first-order valence-corrected chi connectivity index (χ1v) is 11.4. The van der Waals surface area contributed by atoms with Gasteiger partial charge in [0.2, 0.25) is 0 Å². The molecule has 0 radical (unpaired) electrons. The number of pyridine rings is 1. The number of esters is 1. The summed E-state index contributed by atoms with van der Waals surface area (Å²) >= 11 is 0. The lowest BCUT2D eigenvalue weighted by atomic mass is 9.72. The first-order chi connectivity index (χ1) is 15.2. The van der Waals surface area contributed by atoms with Gasteiger partial charge in [-0.1, -0.05) is 26.8 Å². The standard InChI is InChI=1S/C25H33F3N2O3/c1-6-32-22(31)24(5,29)20-14-11-17-18(30-20)12-13-19(21(17)25(26,27)28)33-16-9-7-15(8-10-16)23(2,3)4/h11-16H,6-10,29H2,1-5H3. The number of halogens is 3. The molecule has 1 atom stereocenters. The van der Waals surface area contributed by atoms with Gasteiger partial charge in [0.15, 0.2) is 5.54 Å². The molecular weight excluding hydrogens is 433 g/mol. The van der Waals surface area contributed by atoms with Crippen LogP contribution in [0.2, 0.25) is 0 Å². The third-order valence-corrected chi connectivity index (χ3v) is 6.54. The van der Waals surface area contributed by atoms with E-state index in [9.17, 15) is 18.0 Å². The van der Waals surface area contributed by atoms with Crippen molar-refractivity contribution >= 4 is 16.9 Å². The summed E-state index contributed by atoms with van der Waals surface area (Å²) in [4.78, 5) is 16.5. The number of hydrogen-bond donors (Lipinski definition) is 1. The van der Waals surface area contributed by atoms with E-state index in [0.717, 1.165) is 25.7 Å². The van der Waals surface area contributed by atoms with Crippen LogP contribution in [0.25, 0.3) is 10.9 Å². The number of alkyl halides is 3. The highest BCUT2D eigenvalue weighted by molar-refractivity contribution is 5.87. The van der Waals surface area contributed by atoms with E-state index in [1.807, 2.05) is 0 Å². The van der Waals surface area contributed by atoms with Gasteiger partial charge in [-0.15, -0.1) is 0 Å². The molecule has 1 saturated carbocycles. The van der Waals surface area contributed by atoms with Gasteiger partial charge in [0.05, 0.1) is 23.9 Å². The topological polar surface area (TPSA) is 74.4 Å². The number of nitrogens with zero attached hydrogens (tertiary/aromatic N) is 1. The van der Waals surface area contributed by atoms with E-state index >= 15 is 0 Å². The fourth-order valence-electron chi connectivity index (χ4n) is 4.48. The minimum atomic E-state index is -4.63. The maximum atomic E-state index is 14.1. The van der Waals surface area contributed by atoms with Crippen molar-refractivity contribution in [2.75, 3.05) is 6.61 Å². The second-order valence-corrected chi connectivity index (χ2v) is 10.1. The molecule has 1 aromatic heterocycles. The number of benzene rings is 1. The summed E-state index contributed by atoms with van der Waals surface area (Å²) in [6.07, 6.45) is -1.59. The molecule has 182 valence electrons. The van der Waals surface area contributed by atoms with Crippen molar-refractivity contribution in [1.82, 2.24) is 4.98 Å². The first kappa shape index (κ1) is 25.3. The lowest BCUT2D eigenvalue weighted by Crippen LogP contribution is -2.43. The number of fused-ring (bicyclic) bond motifs is 1. The quantitative estimate of drug-likeness (QED) is 0.549. The van der Waals surface area contributed by atoms with Crippen molar-refractivity contribution in [3.8, 4) is 5.75 Å². The number of hydrogen-bond acceptors (Lipinski definition) is 5. The van der Waals surface area contributed by atoms with Gasteiger partial charge in [-0.2, -0.15) is 13.2 Å². The average Bonchev–Trinajstić information content (AvgIpc) is 2.72. The van der Waals surface area contributed by atoms with Crippen molar-refractivity contribution in [2.45, 2.75) is 78.1 Å². The molecule has 0 bridgehead atoms. The van der Waals surface area contributed by atoms with Crippen molar-refractivity contribution in [2.24, 2.45) is 17.1 Å². The molecule has 0 saturated heterocycles. The van der Waals surface area contributed by atoms with Crippen LogP contribution in [0, 0.1) is 11.3 Å². The number of aromatic nitrogens is 1. The monoisotopic (exact) mass is 466 g/mol. The summed E-state index contributed by atoms with van der Waals surface area (Å²) in [6, 6.07) is 5.43. The molecular formula is C25H33F3N2O3. The molecule has 1 unspecified atom stereocenters. The highest BCUT2D eigenvalue weighted by Gasteiger charge is 2.39. The van der Waals surface area contributed by atoms with Gasteiger partial charge in [0.25, 0.3) is 0 Å². The maximum absolute atomic E-state index is 14.1. The smallest absolute Gasteiger partial charge is 0.420 e. The normalized spacial score (nSPS) is 21.5. The molecule has 1 fully saturated rings. The zero-order valence-corrected chi connectivity index (χ0v) is 19.9. The lowest BCUT2D eigenvalue weighted by Gasteiger charge is -2.37. The van der Waals surface area contributed by atoms with Crippen LogP contribution >= 0.6 is 0 Å². The van der Waals surface area contributed by atoms with Crippen molar-refractivity contribution in [3.63, 3.8) is 0 Å². The van der Waals surface area contributed by atoms with Gasteiger partial charge in [-0.25, -0.2) is 4.79 Å². The maximum Gasteiger partial charge on any atom is 0.420 e. The summed E-state index contributed by atoms with van der Waals surface area (Å²) in [7, 11) is 0. The van der Waals surface area contributed by atoms with Crippen LogP contribution in [-0.2, 0) is 21.2 Å². The SMILES string of the molecule is CCOC(=O)C(C)(N)c1ccc2c(C(F)(F)F)c(OC3CCC(C(C)(C)C)CC3)ccc2n1. The summed E-state index contributed by atoms with van der Waals surface area (Å²) in [5, 5.41) is -0.0909. The zero-order chi connectivity index (χ0) is 24.6. The molecule has 1 aromatic carbocycles. The third-order valence-electron chi connectivity index (χ3n) is 6.54. The number of ether oxygens (including phenoxy) is 2. The number of carbonyl (C=O) groups is 1. The Kier molecular flexibility index (Phi) is 6.99. The average molecular weight is 467 g/mol. The number of rotatable bonds is 5. The summed E-state index contributed by atoms with van der Waals surface area (Å²) in [5.41, 5.74) is 4.06. The third kappa shape index (κ3) is 5.42. The van der Waals surface area contributed by atoms with Gasteiger partial charge < -0.3 is 15.2 Å². The molecule has 0 spiro atoms. The van der Waals surface area contributed by atoms with Gasteiger partial charge in [0.1, 0.15) is 11.3 Å². The minimum absolute atomic E-state index is 0.0876. The second kappa shape index (κ2) is 9.12. The minimum Gasteiger partial charge on any atom is -0.490 e. The Balaban J connectivity index is 1.93. The molecule has 8 heteroatoms. The van der Waals surface area contributed by atoms with Gasteiger partial charge in [-0.3, -0.25) is 4.98 Å². The predicted octanol–water partition coefficient (Wildman–Crippen LogP) is 5.97. The van der Waals surface area contributed by atoms with Crippen LogP contribution < -0.4 is 10.5 Å². The van der Waals surface area contributed by atoms with E-state index in [-0.39, 0.29) is 40.5 Å². The fourth-order valence-corrected chi connectivity index (χ4v) is 4.48. The molecule has 3 rings (SSSR count). The molecule has 1 aliphatic rings.